The maximum Gasteiger partial charge on any atom is 0.325 e. The molecule has 1 aliphatic rings. The number of aliphatic carboxylic acids is 1. The molecule has 74 valence electrons. The summed E-state index contributed by atoms with van der Waals surface area (Å²) in [5.41, 5.74) is 2.06. The molecular formula is C10H10INO2. The van der Waals surface area contributed by atoms with Crippen LogP contribution in [0.4, 0.5) is 0 Å². The van der Waals surface area contributed by atoms with E-state index in [1.54, 1.807) is 0 Å². The molecule has 1 aromatic carbocycles. The maximum atomic E-state index is 10.9. The molecule has 0 aliphatic carbocycles. The van der Waals surface area contributed by atoms with E-state index in [-0.39, 0.29) is 0 Å². The van der Waals surface area contributed by atoms with Crippen LogP contribution in [0, 0.1) is 3.57 Å². The first-order valence-electron chi connectivity index (χ1n) is 4.43. The van der Waals surface area contributed by atoms with E-state index in [0.717, 1.165) is 27.7 Å². The molecule has 0 spiro atoms. The molecule has 0 fully saturated rings. The Kier molecular flexibility index (Phi) is 2.73. The summed E-state index contributed by atoms with van der Waals surface area (Å²) >= 11 is 2.24. The Labute approximate surface area is 95.7 Å². The SMILES string of the molecule is O=C(O)[C@H]1NCCc2cc(I)ccc21. The summed E-state index contributed by atoms with van der Waals surface area (Å²) in [5, 5.41) is 12.0. The molecule has 0 bridgehead atoms. The number of hydrogen-bond acceptors (Lipinski definition) is 2. The summed E-state index contributed by atoms with van der Waals surface area (Å²) in [7, 11) is 0. The number of halogens is 1. The van der Waals surface area contributed by atoms with Crippen molar-refractivity contribution in [2.24, 2.45) is 0 Å². The minimum Gasteiger partial charge on any atom is -0.480 e. The van der Waals surface area contributed by atoms with Crippen molar-refractivity contribution in [3.63, 3.8) is 0 Å². The third-order valence-electron chi connectivity index (χ3n) is 2.41. The standard InChI is InChI=1S/C10H10INO2/c11-7-1-2-8-6(5-7)3-4-12-9(8)10(13)14/h1-2,5,9,12H,3-4H2,(H,13,14)/t9-/m0/s1. The van der Waals surface area contributed by atoms with Crippen molar-refractivity contribution in [1.82, 2.24) is 5.32 Å². The number of benzene rings is 1. The number of carboxylic acids is 1. The Bertz CT molecular complexity index is 378. The monoisotopic (exact) mass is 303 g/mol. The van der Waals surface area contributed by atoms with Gasteiger partial charge in [-0.2, -0.15) is 0 Å². The van der Waals surface area contributed by atoms with Gasteiger partial charge in [0.25, 0.3) is 0 Å². The summed E-state index contributed by atoms with van der Waals surface area (Å²) in [4.78, 5) is 10.9. The van der Waals surface area contributed by atoms with Gasteiger partial charge in [0.2, 0.25) is 0 Å². The van der Waals surface area contributed by atoms with Gasteiger partial charge in [0, 0.05) is 10.1 Å². The predicted octanol–water partition coefficient (Wildman–Crippen LogP) is 1.56. The largest absolute Gasteiger partial charge is 0.480 e. The summed E-state index contributed by atoms with van der Waals surface area (Å²) < 4.78 is 1.16. The summed E-state index contributed by atoms with van der Waals surface area (Å²) in [5.74, 6) is -0.799. The maximum absolute atomic E-state index is 10.9. The first kappa shape index (κ1) is 9.92. The highest BCUT2D eigenvalue weighted by Crippen LogP contribution is 2.24. The number of carbonyl (C=O) groups is 1. The molecule has 3 nitrogen and oxygen atoms in total. The van der Waals surface area contributed by atoms with E-state index in [9.17, 15) is 4.79 Å². The van der Waals surface area contributed by atoms with Crippen LogP contribution < -0.4 is 5.32 Å². The first-order chi connectivity index (χ1) is 6.68. The van der Waals surface area contributed by atoms with Gasteiger partial charge >= 0.3 is 5.97 Å². The molecule has 0 amide bonds. The number of fused-ring (bicyclic) bond motifs is 1. The molecule has 0 saturated carbocycles. The highest BCUT2D eigenvalue weighted by Gasteiger charge is 2.25. The van der Waals surface area contributed by atoms with Gasteiger partial charge in [-0.25, -0.2) is 0 Å². The van der Waals surface area contributed by atoms with E-state index in [1.807, 2.05) is 12.1 Å². The quantitative estimate of drug-likeness (QED) is 0.774. The van der Waals surface area contributed by atoms with Crippen molar-refractivity contribution >= 4 is 28.6 Å². The number of rotatable bonds is 1. The second kappa shape index (κ2) is 3.86. The van der Waals surface area contributed by atoms with E-state index in [0.29, 0.717) is 0 Å². The highest BCUT2D eigenvalue weighted by atomic mass is 127. The van der Waals surface area contributed by atoms with E-state index < -0.39 is 12.0 Å². The highest BCUT2D eigenvalue weighted by molar-refractivity contribution is 14.1. The fraction of sp³-hybridized carbons (Fsp3) is 0.300. The average Bonchev–Trinajstić information content (AvgIpc) is 2.16. The summed E-state index contributed by atoms with van der Waals surface area (Å²) in [6.45, 7) is 0.740. The van der Waals surface area contributed by atoms with Crippen LogP contribution in [0.25, 0.3) is 0 Å². The fourth-order valence-corrected chi connectivity index (χ4v) is 2.31. The molecule has 2 rings (SSSR count). The lowest BCUT2D eigenvalue weighted by Gasteiger charge is -2.23. The Morgan fingerprint density at radius 3 is 3.07 bits per heavy atom. The minimum absolute atomic E-state index is 0.532. The topological polar surface area (TPSA) is 49.3 Å². The van der Waals surface area contributed by atoms with Gasteiger partial charge < -0.3 is 10.4 Å². The molecule has 0 saturated heterocycles. The van der Waals surface area contributed by atoms with Gasteiger partial charge in [-0.3, -0.25) is 4.79 Å². The van der Waals surface area contributed by atoms with Crippen LogP contribution in [0.1, 0.15) is 17.2 Å². The lowest BCUT2D eigenvalue weighted by atomic mass is 9.94. The minimum atomic E-state index is -0.799. The van der Waals surface area contributed by atoms with Crippen molar-refractivity contribution in [1.29, 1.82) is 0 Å². The van der Waals surface area contributed by atoms with Crippen molar-refractivity contribution in [2.45, 2.75) is 12.5 Å². The van der Waals surface area contributed by atoms with Gasteiger partial charge in [0.1, 0.15) is 6.04 Å². The van der Waals surface area contributed by atoms with Crippen molar-refractivity contribution in [3.05, 3.63) is 32.9 Å². The lowest BCUT2D eigenvalue weighted by molar-refractivity contribution is -0.139. The van der Waals surface area contributed by atoms with Gasteiger partial charge in [-0.1, -0.05) is 6.07 Å². The molecule has 1 aliphatic heterocycles. The Morgan fingerprint density at radius 2 is 2.36 bits per heavy atom. The number of hydrogen-bond donors (Lipinski definition) is 2. The van der Waals surface area contributed by atoms with Gasteiger partial charge in [0.15, 0.2) is 0 Å². The number of carboxylic acid groups (broad SMARTS) is 1. The molecule has 0 unspecified atom stereocenters. The molecule has 2 N–H and O–H groups in total. The Hall–Kier alpha value is -0.620. The van der Waals surface area contributed by atoms with Crippen molar-refractivity contribution < 1.29 is 9.90 Å². The average molecular weight is 303 g/mol. The lowest BCUT2D eigenvalue weighted by Crippen LogP contribution is -2.35. The first-order valence-corrected chi connectivity index (χ1v) is 5.51. The van der Waals surface area contributed by atoms with Crippen LogP contribution in [-0.2, 0) is 11.2 Å². The third kappa shape index (κ3) is 1.76. The Balaban J connectivity index is 2.44. The van der Waals surface area contributed by atoms with Crippen molar-refractivity contribution in [3.8, 4) is 0 Å². The zero-order valence-electron chi connectivity index (χ0n) is 7.46. The smallest absolute Gasteiger partial charge is 0.325 e. The van der Waals surface area contributed by atoms with Crippen LogP contribution in [0.5, 0.6) is 0 Å². The molecular weight excluding hydrogens is 293 g/mol. The van der Waals surface area contributed by atoms with Crippen LogP contribution >= 0.6 is 22.6 Å². The molecule has 1 atom stereocenters. The van der Waals surface area contributed by atoms with Gasteiger partial charge in [-0.15, -0.1) is 0 Å². The molecule has 1 aromatic rings. The second-order valence-corrected chi connectivity index (χ2v) is 4.56. The molecule has 0 aromatic heterocycles. The molecule has 14 heavy (non-hydrogen) atoms. The fourth-order valence-electron chi connectivity index (χ4n) is 1.75. The second-order valence-electron chi connectivity index (χ2n) is 3.32. The van der Waals surface area contributed by atoms with Crippen LogP contribution in [0.3, 0.4) is 0 Å². The van der Waals surface area contributed by atoms with Crippen LogP contribution in [0.2, 0.25) is 0 Å². The zero-order valence-corrected chi connectivity index (χ0v) is 9.61. The number of nitrogens with one attached hydrogen (secondary N) is 1. The normalized spacial score (nSPS) is 20.2. The van der Waals surface area contributed by atoms with Gasteiger partial charge in [-0.05, 0) is 52.3 Å². The van der Waals surface area contributed by atoms with Gasteiger partial charge in [0.05, 0.1) is 0 Å². The summed E-state index contributed by atoms with van der Waals surface area (Å²) in [6, 6.07) is 5.38. The predicted molar refractivity (Wildman–Crippen MR) is 61.2 cm³/mol. The van der Waals surface area contributed by atoms with E-state index in [4.69, 9.17) is 5.11 Å². The molecule has 0 radical (unpaired) electrons. The van der Waals surface area contributed by atoms with Crippen LogP contribution in [-0.4, -0.2) is 17.6 Å². The van der Waals surface area contributed by atoms with E-state index in [2.05, 4.69) is 34.0 Å². The zero-order chi connectivity index (χ0) is 10.1. The van der Waals surface area contributed by atoms with E-state index >= 15 is 0 Å². The summed E-state index contributed by atoms with van der Waals surface area (Å²) in [6.07, 6.45) is 0.913. The molecule has 4 heteroatoms. The molecule has 1 heterocycles. The Morgan fingerprint density at radius 1 is 1.57 bits per heavy atom. The van der Waals surface area contributed by atoms with E-state index in [1.165, 1.54) is 0 Å². The third-order valence-corrected chi connectivity index (χ3v) is 3.08. The van der Waals surface area contributed by atoms with Crippen molar-refractivity contribution in [2.75, 3.05) is 6.54 Å². The van der Waals surface area contributed by atoms with Crippen LogP contribution in [0.15, 0.2) is 18.2 Å².